The summed E-state index contributed by atoms with van der Waals surface area (Å²) in [5.41, 5.74) is 0.534. The van der Waals surface area contributed by atoms with E-state index in [1.807, 2.05) is 6.08 Å². The maximum atomic E-state index is 11.4. The number of methoxy groups -OCH3 is 1. The van der Waals surface area contributed by atoms with Crippen LogP contribution in [-0.2, 0) is 4.74 Å². The minimum atomic E-state index is -0.331. The van der Waals surface area contributed by atoms with Gasteiger partial charge in [0.15, 0.2) is 0 Å². The molecule has 4 nitrogen and oxygen atoms in total. The van der Waals surface area contributed by atoms with E-state index >= 15 is 0 Å². The van der Waals surface area contributed by atoms with Gasteiger partial charge in [-0.2, -0.15) is 0 Å². The highest BCUT2D eigenvalue weighted by Crippen LogP contribution is 2.30. The zero-order chi connectivity index (χ0) is 12.3. The van der Waals surface area contributed by atoms with Crippen LogP contribution in [0.15, 0.2) is 31.0 Å². The molecule has 0 N–H and O–H groups in total. The fourth-order valence-electron chi connectivity index (χ4n) is 1.78. The SMILES string of the molecule is C=CCN(c1cc(C(=O)OC)ccn1)C1CC1. The number of hydrogen-bond donors (Lipinski definition) is 0. The van der Waals surface area contributed by atoms with Crippen molar-refractivity contribution in [3.63, 3.8) is 0 Å². The highest BCUT2D eigenvalue weighted by molar-refractivity contribution is 5.90. The second kappa shape index (κ2) is 4.99. The summed E-state index contributed by atoms with van der Waals surface area (Å²) in [5.74, 6) is 0.485. The summed E-state index contributed by atoms with van der Waals surface area (Å²) in [5, 5.41) is 0. The van der Waals surface area contributed by atoms with E-state index in [1.54, 1.807) is 18.3 Å². The van der Waals surface area contributed by atoms with Crippen molar-refractivity contribution in [3.8, 4) is 0 Å². The van der Waals surface area contributed by atoms with Crippen LogP contribution in [0.25, 0.3) is 0 Å². The van der Waals surface area contributed by atoms with Crippen LogP contribution in [0.3, 0.4) is 0 Å². The number of rotatable bonds is 5. The van der Waals surface area contributed by atoms with Crippen molar-refractivity contribution in [1.29, 1.82) is 0 Å². The molecule has 17 heavy (non-hydrogen) atoms. The van der Waals surface area contributed by atoms with Gasteiger partial charge in [-0.3, -0.25) is 0 Å². The van der Waals surface area contributed by atoms with Gasteiger partial charge in [0.25, 0.3) is 0 Å². The number of anilines is 1. The lowest BCUT2D eigenvalue weighted by atomic mass is 10.2. The summed E-state index contributed by atoms with van der Waals surface area (Å²) in [6, 6.07) is 3.97. The molecule has 0 saturated heterocycles. The van der Waals surface area contributed by atoms with E-state index in [-0.39, 0.29) is 5.97 Å². The van der Waals surface area contributed by atoms with Gasteiger partial charge in [0.05, 0.1) is 12.7 Å². The molecular weight excluding hydrogens is 216 g/mol. The first-order valence-corrected chi connectivity index (χ1v) is 5.68. The molecule has 1 aromatic rings. The molecule has 1 aliphatic carbocycles. The van der Waals surface area contributed by atoms with Gasteiger partial charge in [0, 0.05) is 18.8 Å². The van der Waals surface area contributed by atoms with Crippen molar-refractivity contribution in [2.24, 2.45) is 0 Å². The van der Waals surface area contributed by atoms with Crippen molar-refractivity contribution in [1.82, 2.24) is 4.98 Å². The van der Waals surface area contributed by atoms with Crippen LogP contribution >= 0.6 is 0 Å². The average molecular weight is 232 g/mol. The molecule has 0 aromatic carbocycles. The Labute approximate surface area is 101 Å². The normalized spacial score (nSPS) is 14.2. The number of esters is 1. The summed E-state index contributed by atoms with van der Waals surface area (Å²) >= 11 is 0. The number of carbonyl (C=O) groups excluding carboxylic acids is 1. The number of aromatic nitrogens is 1. The molecule has 0 radical (unpaired) electrons. The van der Waals surface area contributed by atoms with Gasteiger partial charge in [0.1, 0.15) is 5.82 Å². The van der Waals surface area contributed by atoms with Crippen molar-refractivity contribution < 1.29 is 9.53 Å². The summed E-state index contributed by atoms with van der Waals surface area (Å²) in [6.07, 6.45) is 5.85. The fourth-order valence-corrected chi connectivity index (χ4v) is 1.78. The molecule has 1 aliphatic rings. The highest BCUT2D eigenvalue weighted by Gasteiger charge is 2.29. The molecule has 1 fully saturated rings. The first-order chi connectivity index (χ1) is 8.26. The predicted molar refractivity (Wildman–Crippen MR) is 66.1 cm³/mol. The molecule has 0 atom stereocenters. The standard InChI is InChI=1S/C13H16N2O2/c1-3-8-15(11-4-5-11)12-9-10(6-7-14-12)13(16)17-2/h3,6-7,9,11H,1,4-5,8H2,2H3. The minimum Gasteiger partial charge on any atom is -0.465 e. The second-order valence-electron chi connectivity index (χ2n) is 4.07. The van der Waals surface area contributed by atoms with E-state index in [0.717, 1.165) is 12.4 Å². The fraction of sp³-hybridized carbons (Fsp3) is 0.385. The first kappa shape index (κ1) is 11.6. The van der Waals surface area contributed by atoms with Gasteiger partial charge in [0.2, 0.25) is 0 Å². The molecule has 0 aliphatic heterocycles. The average Bonchev–Trinajstić information content (AvgIpc) is 3.19. The Kier molecular flexibility index (Phi) is 3.42. The predicted octanol–water partition coefficient (Wildman–Crippen LogP) is 2.02. The third kappa shape index (κ3) is 2.64. The lowest BCUT2D eigenvalue weighted by molar-refractivity contribution is 0.0600. The molecule has 0 unspecified atom stereocenters. The third-order valence-corrected chi connectivity index (χ3v) is 2.77. The number of nitrogens with zero attached hydrogens (tertiary/aromatic N) is 2. The first-order valence-electron chi connectivity index (χ1n) is 5.68. The van der Waals surface area contributed by atoms with Gasteiger partial charge >= 0.3 is 5.97 Å². The van der Waals surface area contributed by atoms with Crippen molar-refractivity contribution in [2.45, 2.75) is 18.9 Å². The summed E-state index contributed by atoms with van der Waals surface area (Å²) in [4.78, 5) is 17.9. The van der Waals surface area contributed by atoms with E-state index in [2.05, 4.69) is 16.5 Å². The van der Waals surface area contributed by atoms with Crippen LogP contribution in [0.2, 0.25) is 0 Å². The Hall–Kier alpha value is -1.84. The summed E-state index contributed by atoms with van der Waals surface area (Å²) < 4.78 is 4.70. The van der Waals surface area contributed by atoms with Crippen molar-refractivity contribution in [3.05, 3.63) is 36.5 Å². The van der Waals surface area contributed by atoms with Gasteiger partial charge in [-0.15, -0.1) is 6.58 Å². The van der Waals surface area contributed by atoms with Crippen LogP contribution in [-0.4, -0.2) is 30.6 Å². The molecule has 1 heterocycles. The molecular formula is C13H16N2O2. The minimum absolute atomic E-state index is 0.331. The van der Waals surface area contributed by atoms with Crippen LogP contribution in [0.4, 0.5) is 5.82 Å². The van der Waals surface area contributed by atoms with Crippen molar-refractivity contribution in [2.75, 3.05) is 18.6 Å². The smallest absolute Gasteiger partial charge is 0.338 e. The number of carbonyl (C=O) groups is 1. The topological polar surface area (TPSA) is 42.4 Å². The maximum Gasteiger partial charge on any atom is 0.338 e. The van der Waals surface area contributed by atoms with E-state index in [4.69, 9.17) is 4.74 Å². The van der Waals surface area contributed by atoms with Gasteiger partial charge in [-0.05, 0) is 25.0 Å². The molecule has 1 aromatic heterocycles. The molecule has 0 bridgehead atoms. The Morgan fingerprint density at radius 2 is 2.47 bits per heavy atom. The Morgan fingerprint density at radius 3 is 3.06 bits per heavy atom. The molecule has 2 rings (SSSR count). The summed E-state index contributed by atoms with van der Waals surface area (Å²) in [7, 11) is 1.38. The monoisotopic (exact) mass is 232 g/mol. The lowest BCUT2D eigenvalue weighted by Crippen LogP contribution is -2.26. The van der Waals surface area contributed by atoms with Gasteiger partial charge < -0.3 is 9.64 Å². The molecule has 0 spiro atoms. The Balaban J connectivity index is 2.23. The largest absolute Gasteiger partial charge is 0.465 e. The molecule has 1 saturated carbocycles. The maximum absolute atomic E-state index is 11.4. The van der Waals surface area contributed by atoms with E-state index in [9.17, 15) is 4.79 Å². The molecule has 0 amide bonds. The molecule has 90 valence electrons. The van der Waals surface area contributed by atoms with Gasteiger partial charge in [-0.1, -0.05) is 6.08 Å². The second-order valence-corrected chi connectivity index (χ2v) is 4.07. The number of pyridine rings is 1. The zero-order valence-electron chi connectivity index (χ0n) is 9.93. The van der Waals surface area contributed by atoms with Crippen molar-refractivity contribution >= 4 is 11.8 Å². The summed E-state index contributed by atoms with van der Waals surface area (Å²) in [6.45, 7) is 4.50. The Bertz CT molecular complexity index is 427. The Morgan fingerprint density at radius 1 is 1.71 bits per heavy atom. The zero-order valence-corrected chi connectivity index (χ0v) is 9.93. The van der Waals surface area contributed by atoms with Gasteiger partial charge in [-0.25, -0.2) is 9.78 Å². The molecule has 4 heteroatoms. The van der Waals surface area contributed by atoms with Crippen LogP contribution < -0.4 is 4.90 Å². The van der Waals surface area contributed by atoms with E-state index in [0.29, 0.717) is 11.6 Å². The third-order valence-electron chi connectivity index (χ3n) is 2.77. The van der Waals surface area contributed by atoms with E-state index in [1.165, 1.54) is 20.0 Å². The van der Waals surface area contributed by atoms with Crippen LogP contribution in [0, 0.1) is 0 Å². The highest BCUT2D eigenvalue weighted by atomic mass is 16.5. The number of ether oxygens (including phenoxy) is 1. The van der Waals surface area contributed by atoms with Crippen LogP contribution in [0.5, 0.6) is 0 Å². The van der Waals surface area contributed by atoms with E-state index < -0.39 is 0 Å². The number of hydrogen-bond acceptors (Lipinski definition) is 4. The lowest BCUT2D eigenvalue weighted by Gasteiger charge is -2.21. The quantitative estimate of drug-likeness (QED) is 0.575. The van der Waals surface area contributed by atoms with Crippen LogP contribution in [0.1, 0.15) is 23.2 Å².